The van der Waals surface area contributed by atoms with Crippen molar-refractivity contribution in [2.45, 2.75) is 105 Å². The molecule has 4 nitrogen and oxygen atoms in total. The fraction of sp³-hybridized carbons (Fsp3) is 0.800. The number of fused-ring (bicyclic) bond motifs is 2. The van der Waals surface area contributed by atoms with E-state index in [1.165, 1.54) is 38.5 Å². The number of hydrogen-bond donors (Lipinski definition) is 0. The monoisotopic (exact) mass is 466 g/mol. The second-order valence-corrected chi connectivity index (χ2v) is 13.8. The maximum Gasteiger partial charge on any atom is 0.333 e. The molecule has 0 radical (unpaired) electrons. The van der Waals surface area contributed by atoms with Gasteiger partial charge >= 0.3 is 11.9 Å². The molecule has 0 saturated heterocycles. The predicted molar refractivity (Wildman–Crippen MR) is 131 cm³/mol. The second-order valence-electron chi connectivity index (χ2n) is 13.8. The molecule has 4 fully saturated rings. The number of carbonyl (C=O) groups is 2. The third-order valence-electron chi connectivity index (χ3n) is 12.6. The Morgan fingerprint density at radius 3 is 2.44 bits per heavy atom. The third-order valence-corrected chi connectivity index (χ3v) is 12.6. The number of cyclic esters (lactones) is 2. The van der Waals surface area contributed by atoms with E-state index in [0.717, 1.165) is 18.4 Å². The average Bonchev–Trinajstić information content (AvgIpc) is 3.39. The third kappa shape index (κ3) is 2.61. The van der Waals surface area contributed by atoms with Crippen molar-refractivity contribution < 1.29 is 19.1 Å². The molecule has 0 bridgehead atoms. The topological polar surface area (TPSA) is 52.6 Å². The van der Waals surface area contributed by atoms with E-state index in [1.54, 1.807) is 6.08 Å². The normalized spacial score (nSPS) is 51.5. The Bertz CT molecular complexity index is 1010. The van der Waals surface area contributed by atoms with Crippen LogP contribution in [0.15, 0.2) is 23.8 Å². The zero-order valence-corrected chi connectivity index (χ0v) is 21.9. The lowest BCUT2D eigenvalue weighted by Crippen LogP contribution is -2.56. The molecule has 4 saturated carbocycles. The van der Waals surface area contributed by atoms with E-state index in [0.29, 0.717) is 29.1 Å². The van der Waals surface area contributed by atoms with Gasteiger partial charge in [-0.25, -0.2) is 9.59 Å². The smallest absolute Gasteiger partial charge is 0.333 e. The highest BCUT2D eigenvalue weighted by atomic mass is 16.6. The Labute approximate surface area is 204 Å². The molecule has 186 valence electrons. The Hall–Kier alpha value is -1.58. The van der Waals surface area contributed by atoms with Gasteiger partial charge in [-0.1, -0.05) is 32.9 Å². The summed E-state index contributed by atoms with van der Waals surface area (Å²) in [6, 6.07) is 0. The van der Waals surface area contributed by atoms with Gasteiger partial charge in [0.1, 0.15) is 11.7 Å². The van der Waals surface area contributed by atoms with Gasteiger partial charge in [0.05, 0.1) is 0 Å². The van der Waals surface area contributed by atoms with Gasteiger partial charge in [0.2, 0.25) is 0 Å². The SMILES string of the molecule is CC1=CC[C@H]([C@H](C)[C@H]2CC[C@@]3(C)[C@@H]4CC[C@H]5C(C)(C)OC(=O)C=C[C@@]56C[C@@]46CC[C@]23C)OC1=O. The molecule has 2 heterocycles. The van der Waals surface area contributed by atoms with Crippen molar-refractivity contribution in [3.8, 4) is 0 Å². The largest absolute Gasteiger partial charge is 0.458 e. The van der Waals surface area contributed by atoms with E-state index < -0.39 is 5.60 Å². The van der Waals surface area contributed by atoms with E-state index in [1.807, 2.05) is 6.92 Å². The van der Waals surface area contributed by atoms with Gasteiger partial charge in [0, 0.05) is 29.4 Å². The van der Waals surface area contributed by atoms with E-state index in [-0.39, 0.29) is 34.3 Å². The summed E-state index contributed by atoms with van der Waals surface area (Å²) in [5, 5.41) is 0. The summed E-state index contributed by atoms with van der Waals surface area (Å²) in [5.74, 6) is 1.77. The van der Waals surface area contributed by atoms with Crippen LogP contribution in [0.4, 0.5) is 0 Å². The maximum atomic E-state index is 12.4. The predicted octanol–water partition coefficient (Wildman–Crippen LogP) is 6.40. The van der Waals surface area contributed by atoms with Crippen molar-refractivity contribution in [2.24, 2.45) is 45.3 Å². The first-order valence-electron chi connectivity index (χ1n) is 13.7. The summed E-state index contributed by atoms with van der Waals surface area (Å²) >= 11 is 0. The van der Waals surface area contributed by atoms with Crippen molar-refractivity contribution >= 4 is 11.9 Å². The molecule has 4 aliphatic carbocycles. The molecule has 6 rings (SSSR count). The quantitative estimate of drug-likeness (QED) is 0.442. The van der Waals surface area contributed by atoms with Crippen LogP contribution in [-0.2, 0) is 19.1 Å². The molecule has 0 N–H and O–H groups in total. The summed E-state index contributed by atoms with van der Waals surface area (Å²) in [5.41, 5.74) is 1.35. The number of allylic oxidation sites excluding steroid dienone is 1. The lowest BCUT2D eigenvalue weighted by molar-refractivity contribution is -0.168. The lowest BCUT2D eigenvalue weighted by Gasteiger charge is -2.61. The number of carbonyl (C=O) groups excluding carboxylic acids is 2. The number of esters is 2. The summed E-state index contributed by atoms with van der Waals surface area (Å²) < 4.78 is 11.8. The minimum atomic E-state index is -0.403. The van der Waals surface area contributed by atoms with Gasteiger partial charge in [-0.3, -0.25) is 0 Å². The van der Waals surface area contributed by atoms with Crippen LogP contribution in [0.2, 0.25) is 0 Å². The highest BCUT2D eigenvalue weighted by molar-refractivity contribution is 5.88. The molecule has 2 aliphatic heterocycles. The molecule has 4 heteroatoms. The van der Waals surface area contributed by atoms with Crippen molar-refractivity contribution in [1.29, 1.82) is 0 Å². The molecule has 0 unspecified atom stereocenters. The standard InChI is InChI=1S/C30H42O4/c1-18-7-8-21(33-25(18)32)19(2)20-11-13-28(6)23-10-9-22-26(3,4)34-24(31)12-14-29(22)17-30(23,29)16-15-27(20,28)5/h7,12,14,19-23H,8-11,13,15-17H2,1-6H3/t19-,20-,21-,22+,23+,27-,28+,29-,30+/m1/s1. The summed E-state index contributed by atoms with van der Waals surface area (Å²) in [6.45, 7) is 13.7. The van der Waals surface area contributed by atoms with E-state index >= 15 is 0 Å². The number of ether oxygens (including phenoxy) is 2. The van der Waals surface area contributed by atoms with Gasteiger partial charge in [-0.15, -0.1) is 0 Å². The lowest BCUT2D eigenvalue weighted by atomic mass is 9.43. The fourth-order valence-electron chi connectivity index (χ4n) is 10.7. The Morgan fingerprint density at radius 2 is 1.71 bits per heavy atom. The van der Waals surface area contributed by atoms with Crippen molar-refractivity contribution in [2.75, 3.05) is 0 Å². The highest BCUT2D eigenvalue weighted by Gasteiger charge is 2.81. The first-order chi connectivity index (χ1) is 15.9. The van der Waals surface area contributed by atoms with Crippen LogP contribution < -0.4 is 0 Å². The molecule has 2 spiro atoms. The van der Waals surface area contributed by atoms with E-state index in [4.69, 9.17) is 9.47 Å². The van der Waals surface area contributed by atoms with Crippen LogP contribution in [-0.4, -0.2) is 23.6 Å². The van der Waals surface area contributed by atoms with Crippen molar-refractivity contribution in [3.63, 3.8) is 0 Å². The molecule has 0 aromatic heterocycles. The number of rotatable bonds is 2. The molecule has 9 atom stereocenters. The summed E-state index contributed by atoms with van der Waals surface area (Å²) in [7, 11) is 0. The first-order valence-corrected chi connectivity index (χ1v) is 13.7. The molecular formula is C30H42O4. The molecule has 0 aromatic carbocycles. The minimum absolute atomic E-state index is 0.00742. The van der Waals surface area contributed by atoms with Crippen LogP contribution in [0.25, 0.3) is 0 Å². The van der Waals surface area contributed by atoms with Crippen LogP contribution in [0.1, 0.15) is 92.9 Å². The number of hydrogen-bond acceptors (Lipinski definition) is 4. The van der Waals surface area contributed by atoms with Crippen molar-refractivity contribution in [1.82, 2.24) is 0 Å². The molecule has 0 amide bonds. The first kappa shape index (κ1) is 22.9. The second kappa shape index (κ2) is 6.79. The zero-order valence-electron chi connectivity index (χ0n) is 21.9. The van der Waals surface area contributed by atoms with E-state index in [2.05, 4.69) is 46.8 Å². The van der Waals surface area contributed by atoms with Gasteiger partial charge < -0.3 is 9.47 Å². The molecule has 0 aromatic rings. The van der Waals surface area contributed by atoms with Gasteiger partial charge in [0.25, 0.3) is 0 Å². The van der Waals surface area contributed by atoms with Gasteiger partial charge in [-0.05, 0) is 99.7 Å². The molecular weight excluding hydrogens is 424 g/mol. The average molecular weight is 467 g/mol. The van der Waals surface area contributed by atoms with E-state index in [9.17, 15) is 9.59 Å². The Kier molecular flexibility index (Phi) is 4.57. The molecule has 34 heavy (non-hydrogen) atoms. The highest BCUT2D eigenvalue weighted by Crippen LogP contribution is 2.87. The van der Waals surface area contributed by atoms with Crippen molar-refractivity contribution in [3.05, 3.63) is 23.8 Å². The van der Waals surface area contributed by atoms with Gasteiger partial charge in [0.15, 0.2) is 0 Å². The Morgan fingerprint density at radius 1 is 0.971 bits per heavy atom. The van der Waals surface area contributed by atoms with Crippen LogP contribution >= 0.6 is 0 Å². The Balaban J connectivity index is 1.32. The summed E-state index contributed by atoms with van der Waals surface area (Å²) in [6.07, 6.45) is 15.6. The van der Waals surface area contributed by atoms with Crippen LogP contribution in [0, 0.1) is 45.3 Å². The minimum Gasteiger partial charge on any atom is -0.458 e. The fourth-order valence-corrected chi connectivity index (χ4v) is 10.7. The summed E-state index contributed by atoms with van der Waals surface area (Å²) in [4.78, 5) is 24.7. The zero-order chi connectivity index (χ0) is 24.3. The maximum absolute atomic E-state index is 12.4. The van der Waals surface area contributed by atoms with Crippen LogP contribution in [0.5, 0.6) is 0 Å². The molecule has 6 aliphatic rings. The van der Waals surface area contributed by atoms with Gasteiger partial charge in [-0.2, -0.15) is 0 Å². The van der Waals surface area contributed by atoms with Crippen LogP contribution in [0.3, 0.4) is 0 Å².